The number of nitrogens with one attached hydrogen (secondary N) is 1. The molecule has 0 radical (unpaired) electrons. The second-order valence-corrected chi connectivity index (χ2v) is 7.02. The van der Waals surface area contributed by atoms with Gasteiger partial charge in [-0.3, -0.25) is 0 Å². The number of halogens is 2. The summed E-state index contributed by atoms with van der Waals surface area (Å²) in [6.07, 6.45) is 3.93. The SMILES string of the molecule is NCC(NS(=O)(=O)c1ccccc1OC(F)F)C1CCCC1. The van der Waals surface area contributed by atoms with Gasteiger partial charge in [-0.1, -0.05) is 25.0 Å². The Morgan fingerprint density at radius 3 is 2.50 bits per heavy atom. The fourth-order valence-corrected chi connectivity index (χ4v) is 4.28. The van der Waals surface area contributed by atoms with Crippen molar-refractivity contribution in [3.8, 4) is 5.75 Å². The number of nitrogens with two attached hydrogens (primary N) is 1. The molecule has 1 aliphatic carbocycles. The molecule has 8 heteroatoms. The first-order valence-corrected chi connectivity index (χ1v) is 8.68. The topological polar surface area (TPSA) is 81.4 Å². The van der Waals surface area contributed by atoms with Crippen LogP contribution >= 0.6 is 0 Å². The summed E-state index contributed by atoms with van der Waals surface area (Å²) < 4.78 is 56.6. The summed E-state index contributed by atoms with van der Waals surface area (Å²) in [5.41, 5.74) is 5.68. The minimum absolute atomic E-state index is 0.168. The largest absolute Gasteiger partial charge is 0.433 e. The van der Waals surface area contributed by atoms with E-state index in [-0.39, 0.29) is 23.1 Å². The van der Waals surface area contributed by atoms with Crippen LogP contribution in [0.15, 0.2) is 29.2 Å². The molecule has 1 fully saturated rings. The molecule has 5 nitrogen and oxygen atoms in total. The monoisotopic (exact) mass is 334 g/mol. The normalized spacial score (nSPS) is 17.8. The second-order valence-electron chi connectivity index (χ2n) is 5.33. The van der Waals surface area contributed by atoms with E-state index in [0.717, 1.165) is 25.7 Å². The lowest BCUT2D eigenvalue weighted by molar-refractivity contribution is -0.0517. The van der Waals surface area contributed by atoms with Gasteiger partial charge in [-0.2, -0.15) is 8.78 Å². The molecular weight excluding hydrogens is 314 g/mol. The highest BCUT2D eigenvalue weighted by Gasteiger charge is 2.30. The Kier molecular flexibility index (Phi) is 5.71. The van der Waals surface area contributed by atoms with E-state index in [9.17, 15) is 17.2 Å². The first-order chi connectivity index (χ1) is 10.4. The second kappa shape index (κ2) is 7.34. The number of hydrogen-bond donors (Lipinski definition) is 2. The lowest BCUT2D eigenvalue weighted by Gasteiger charge is -2.23. The van der Waals surface area contributed by atoms with Crippen LogP contribution in [-0.4, -0.2) is 27.6 Å². The van der Waals surface area contributed by atoms with E-state index in [4.69, 9.17) is 5.73 Å². The molecule has 0 bridgehead atoms. The zero-order valence-electron chi connectivity index (χ0n) is 12.0. The van der Waals surface area contributed by atoms with Crippen molar-refractivity contribution in [2.75, 3.05) is 6.54 Å². The zero-order valence-corrected chi connectivity index (χ0v) is 12.9. The Morgan fingerprint density at radius 1 is 1.27 bits per heavy atom. The third kappa shape index (κ3) is 4.15. The van der Waals surface area contributed by atoms with Crippen molar-refractivity contribution < 1.29 is 21.9 Å². The number of benzene rings is 1. The van der Waals surface area contributed by atoms with Crippen LogP contribution in [0, 0.1) is 5.92 Å². The van der Waals surface area contributed by atoms with Crippen molar-refractivity contribution >= 4 is 10.0 Å². The fraction of sp³-hybridized carbons (Fsp3) is 0.571. The van der Waals surface area contributed by atoms with Crippen LogP contribution < -0.4 is 15.2 Å². The molecule has 1 aliphatic rings. The molecule has 124 valence electrons. The summed E-state index contributed by atoms with van der Waals surface area (Å²) in [5.74, 6) is -0.185. The maximum absolute atomic E-state index is 12.5. The van der Waals surface area contributed by atoms with Crippen LogP contribution in [0.25, 0.3) is 0 Å². The minimum atomic E-state index is -3.97. The predicted molar refractivity (Wildman–Crippen MR) is 78.2 cm³/mol. The quantitative estimate of drug-likeness (QED) is 0.800. The molecule has 0 aromatic heterocycles. The summed E-state index contributed by atoms with van der Waals surface area (Å²) in [6.45, 7) is -2.92. The smallest absolute Gasteiger partial charge is 0.387 e. The molecule has 22 heavy (non-hydrogen) atoms. The number of sulfonamides is 1. The van der Waals surface area contributed by atoms with Crippen LogP contribution in [0.4, 0.5) is 8.78 Å². The molecule has 1 unspecified atom stereocenters. The molecule has 0 amide bonds. The molecule has 1 aromatic carbocycles. The molecule has 0 saturated heterocycles. The number of para-hydroxylation sites is 1. The Morgan fingerprint density at radius 2 is 1.91 bits per heavy atom. The molecule has 1 atom stereocenters. The average molecular weight is 334 g/mol. The van der Waals surface area contributed by atoms with Crippen LogP contribution in [0.3, 0.4) is 0 Å². The van der Waals surface area contributed by atoms with Crippen LogP contribution in [0.2, 0.25) is 0 Å². The maximum atomic E-state index is 12.5. The Balaban J connectivity index is 2.22. The standard InChI is InChI=1S/C14H20F2N2O3S/c15-14(16)21-12-7-3-4-8-13(12)22(19,20)18-11(9-17)10-5-1-2-6-10/h3-4,7-8,10-11,14,18H,1-2,5-6,9,17H2. The number of rotatable bonds is 7. The maximum Gasteiger partial charge on any atom is 0.387 e. The van der Waals surface area contributed by atoms with Gasteiger partial charge >= 0.3 is 6.61 Å². The van der Waals surface area contributed by atoms with E-state index < -0.39 is 22.7 Å². The van der Waals surface area contributed by atoms with E-state index in [1.165, 1.54) is 24.3 Å². The van der Waals surface area contributed by atoms with Gasteiger partial charge in [0.25, 0.3) is 0 Å². The van der Waals surface area contributed by atoms with E-state index in [0.29, 0.717) is 0 Å². The molecule has 0 heterocycles. The lowest BCUT2D eigenvalue weighted by Crippen LogP contribution is -2.44. The molecule has 2 rings (SSSR count). The number of ether oxygens (including phenoxy) is 1. The highest BCUT2D eigenvalue weighted by Crippen LogP contribution is 2.30. The van der Waals surface area contributed by atoms with Gasteiger partial charge in [-0.05, 0) is 30.9 Å². The molecular formula is C14H20F2N2O3S. The van der Waals surface area contributed by atoms with Gasteiger partial charge in [-0.15, -0.1) is 0 Å². The Labute approximate surface area is 128 Å². The zero-order chi connectivity index (χ0) is 16.2. The van der Waals surface area contributed by atoms with Crippen molar-refractivity contribution in [2.24, 2.45) is 11.7 Å². The van der Waals surface area contributed by atoms with Crippen molar-refractivity contribution in [3.05, 3.63) is 24.3 Å². The minimum Gasteiger partial charge on any atom is -0.433 e. The highest BCUT2D eigenvalue weighted by atomic mass is 32.2. The van der Waals surface area contributed by atoms with E-state index in [1.54, 1.807) is 0 Å². The van der Waals surface area contributed by atoms with Gasteiger partial charge in [0.05, 0.1) is 0 Å². The number of alkyl halides is 2. The van der Waals surface area contributed by atoms with Crippen molar-refractivity contribution in [1.29, 1.82) is 0 Å². The average Bonchev–Trinajstić information content (AvgIpc) is 2.98. The Bertz CT molecular complexity index is 590. The van der Waals surface area contributed by atoms with Gasteiger partial charge in [0.2, 0.25) is 10.0 Å². The van der Waals surface area contributed by atoms with Gasteiger partial charge in [0.1, 0.15) is 10.6 Å². The van der Waals surface area contributed by atoms with Crippen molar-refractivity contribution in [1.82, 2.24) is 4.72 Å². The third-order valence-electron chi connectivity index (χ3n) is 3.88. The van der Waals surface area contributed by atoms with Gasteiger partial charge < -0.3 is 10.5 Å². The van der Waals surface area contributed by atoms with E-state index >= 15 is 0 Å². The summed E-state index contributed by atoms with van der Waals surface area (Å²) in [6, 6.07) is 4.94. The van der Waals surface area contributed by atoms with Crippen LogP contribution in [0.1, 0.15) is 25.7 Å². The molecule has 0 aliphatic heterocycles. The molecule has 1 aromatic rings. The van der Waals surface area contributed by atoms with Crippen molar-refractivity contribution in [2.45, 2.75) is 43.2 Å². The van der Waals surface area contributed by atoms with Crippen LogP contribution in [0.5, 0.6) is 5.75 Å². The van der Waals surface area contributed by atoms with Gasteiger partial charge in [0, 0.05) is 12.6 Å². The first kappa shape index (κ1) is 17.1. The summed E-state index contributed by atoms with van der Waals surface area (Å²) in [4.78, 5) is -0.299. The van der Waals surface area contributed by atoms with Crippen molar-refractivity contribution in [3.63, 3.8) is 0 Å². The molecule has 3 N–H and O–H groups in total. The number of hydrogen-bond acceptors (Lipinski definition) is 4. The lowest BCUT2D eigenvalue weighted by atomic mass is 9.99. The first-order valence-electron chi connectivity index (χ1n) is 7.20. The predicted octanol–water partition coefficient (Wildman–Crippen LogP) is 2.08. The fourth-order valence-electron chi connectivity index (χ4n) is 2.82. The summed E-state index contributed by atoms with van der Waals surface area (Å²) >= 11 is 0. The highest BCUT2D eigenvalue weighted by molar-refractivity contribution is 7.89. The van der Waals surface area contributed by atoms with Gasteiger partial charge in [0.15, 0.2) is 0 Å². The van der Waals surface area contributed by atoms with E-state index in [1.807, 2.05) is 0 Å². The third-order valence-corrected chi connectivity index (χ3v) is 5.41. The van der Waals surface area contributed by atoms with E-state index in [2.05, 4.69) is 9.46 Å². The Hall–Kier alpha value is -1.25. The molecule has 0 spiro atoms. The summed E-state index contributed by atoms with van der Waals surface area (Å²) in [7, 11) is -3.97. The molecule has 1 saturated carbocycles. The summed E-state index contributed by atoms with van der Waals surface area (Å²) in [5, 5.41) is 0. The van der Waals surface area contributed by atoms with Crippen LogP contribution in [-0.2, 0) is 10.0 Å². The van der Waals surface area contributed by atoms with Gasteiger partial charge in [-0.25, -0.2) is 13.1 Å².